The summed E-state index contributed by atoms with van der Waals surface area (Å²) >= 11 is 0. The molecule has 0 aliphatic carbocycles. The normalized spacial score (nSPS) is 17.0. The summed E-state index contributed by atoms with van der Waals surface area (Å²) < 4.78 is 5.48. The first kappa shape index (κ1) is 26.5. The van der Waals surface area contributed by atoms with E-state index in [1.54, 1.807) is 6.33 Å². The van der Waals surface area contributed by atoms with Crippen molar-refractivity contribution in [3.63, 3.8) is 0 Å². The number of H-pyrrole nitrogens is 1. The SMILES string of the molecule is C=CC(=O)NC1CCN(c2cccc(CC(=O)Nc3ccc(-c4cc5c(N6CCOCC6)ncnc5[nH]4)cc3)c2)C1. The number of ether oxygens (including phenoxy) is 1. The van der Waals surface area contributed by atoms with Crippen molar-refractivity contribution in [3.05, 3.63) is 79.1 Å². The molecule has 6 rings (SSSR count). The van der Waals surface area contributed by atoms with Gasteiger partial charge in [0.05, 0.1) is 25.0 Å². The van der Waals surface area contributed by atoms with Crippen molar-refractivity contribution in [2.24, 2.45) is 0 Å². The van der Waals surface area contributed by atoms with Gasteiger partial charge < -0.3 is 30.2 Å². The van der Waals surface area contributed by atoms with Crippen LogP contribution in [0.2, 0.25) is 0 Å². The number of fused-ring (bicyclic) bond motifs is 1. The zero-order valence-corrected chi connectivity index (χ0v) is 22.8. The summed E-state index contributed by atoms with van der Waals surface area (Å²) in [5.74, 6) is 0.685. The van der Waals surface area contributed by atoms with Gasteiger partial charge in [0.15, 0.2) is 0 Å². The molecule has 2 aromatic carbocycles. The van der Waals surface area contributed by atoms with Crippen LogP contribution in [0.5, 0.6) is 0 Å². The number of aromatic nitrogens is 3. The van der Waals surface area contributed by atoms with Crippen LogP contribution >= 0.6 is 0 Å². The molecule has 2 saturated heterocycles. The first-order valence-electron chi connectivity index (χ1n) is 13.9. The summed E-state index contributed by atoms with van der Waals surface area (Å²) in [7, 11) is 0. The molecule has 10 heteroatoms. The maximum Gasteiger partial charge on any atom is 0.243 e. The van der Waals surface area contributed by atoms with Gasteiger partial charge in [-0.3, -0.25) is 9.59 Å². The number of hydrogen-bond acceptors (Lipinski definition) is 7. The number of aromatic amines is 1. The Labute approximate surface area is 238 Å². The third-order valence-electron chi connectivity index (χ3n) is 7.56. The van der Waals surface area contributed by atoms with Crippen LogP contribution in [0.15, 0.2) is 73.6 Å². The van der Waals surface area contributed by atoms with Gasteiger partial charge in [0.2, 0.25) is 11.8 Å². The summed E-state index contributed by atoms with van der Waals surface area (Å²) in [6, 6.07) is 18.0. The number of amides is 2. The highest BCUT2D eigenvalue weighted by atomic mass is 16.5. The van der Waals surface area contributed by atoms with Gasteiger partial charge in [-0.15, -0.1) is 0 Å². The molecule has 4 aromatic rings. The van der Waals surface area contributed by atoms with Crippen LogP contribution in [-0.2, 0) is 20.7 Å². The van der Waals surface area contributed by atoms with E-state index in [-0.39, 0.29) is 24.3 Å². The molecule has 210 valence electrons. The molecule has 0 saturated carbocycles. The van der Waals surface area contributed by atoms with Crippen molar-refractivity contribution < 1.29 is 14.3 Å². The van der Waals surface area contributed by atoms with E-state index in [1.807, 2.05) is 48.5 Å². The van der Waals surface area contributed by atoms with Crippen LogP contribution in [0.1, 0.15) is 12.0 Å². The van der Waals surface area contributed by atoms with Gasteiger partial charge in [0.25, 0.3) is 0 Å². The summed E-state index contributed by atoms with van der Waals surface area (Å²) in [6.07, 6.45) is 4.04. The van der Waals surface area contributed by atoms with E-state index >= 15 is 0 Å². The van der Waals surface area contributed by atoms with Crippen LogP contribution in [0, 0.1) is 0 Å². The Morgan fingerprint density at radius 1 is 1.05 bits per heavy atom. The van der Waals surface area contributed by atoms with E-state index in [0.717, 1.165) is 77.6 Å². The summed E-state index contributed by atoms with van der Waals surface area (Å²) in [5.41, 5.74) is 5.45. The predicted molar refractivity (Wildman–Crippen MR) is 160 cm³/mol. The van der Waals surface area contributed by atoms with Crippen LogP contribution in [0.4, 0.5) is 17.2 Å². The Morgan fingerprint density at radius 3 is 2.68 bits per heavy atom. The van der Waals surface area contributed by atoms with E-state index in [1.165, 1.54) is 6.08 Å². The van der Waals surface area contributed by atoms with Crippen molar-refractivity contribution >= 4 is 40.0 Å². The molecule has 2 aromatic heterocycles. The second-order valence-electron chi connectivity index (χ2n) is 10.4. The lowest BCUT2D eigenvalue weighted by Gasteiger charge is -2.27. The molecule has 2 aliphatic rings. The van der Waals surface area contributed by atoms with E-state index in [2.05, 4.69) is 48.0 Å². The van der Waals surface area contributed by atoms with Crippen LogP contribution in [0.25, 0.3) is 22.3 Å². The summed E-state index contributed by atoms with van der Waals surface area (Å²) in [6.45, 7) is 8.10. The largest absolute Gasteiger partial charge is 0.378 e. The molecule has 0 bridgehead atoms. The number of rotatable bonds is 8. The van der Waals surface area contributed by atoms with E-state index in [9.17, 15) is 9.59 Å². The second-order valence-corrected chi connectivity index (χ2v) is 10.4. The third-order valence-corrected chi connectivity index (χ3v) is 7.56. The van der Waals surface area contributed by atoms with E-state index in [4.69, 9.17) is 4.74 Å². The second kappa shape index (κ2) is 11.8. The molecule has 0 radical (unpaired) electrons. The quantitative estimate of drug-likeness (QED) is 0.287. The number of anilines is 3. The minimum atomic E-state index is -0.149. The standard InChI is InChI=1S/C31H33N7O3/c1-2-28(39)35-24-10-11-38(19-24)25-5-3-4-21(16-25)17-29(40)34-23-8-6-22(7-9-23)27-18-26-30(36-27)32-20-33-31(26)37-12-14-41-15-13-37/h2-9,16,18,20,24H,1,10-15,17,19H2,(H,34,40)(H,35,39)(H,32,33,36). The number of benzene rings is 2. The molecule has 3 N–H and O–H groups in total. The highest BCUT2D eigenvalue weighted by Gasteiger charge is 2.24. The predicted octanol–water partition coefficient (Wildman–Crippen LogP) is 3.52. The summed E-state index contributed by atoms with van der Waals surface area (Å²) in [5, 5.41) is 6.96. The molecule has 0 spiro atoms. The van der Waals surface area contributed by atoms with Crippen LogP contribution in [0.3, 0.4) is 0 Å². The molecule has 1 atom stereocenters. The Bertz CT molecular complexity index is 1560. The lowest BCUT2D eigenvalue weighted by Crippen LogP contribution is -2.36. The monoisotopic (exact) mass is 551 g/mol. The Hall–Kier alpha value is -4.70. The first-order valence-corrected chi connectivity index (χ1v) is 13.9. The Morgan fingerprint density at radius 2 is 1.88 bits per heavy atom. The highest BCUT2D eigenvalue weighted by molar-refractivity contribution is 5.94. The van der Waals surface area contributed by atoms with Crippen molar-refractivity contribution in [3.8, 4) is 11.3 Å². The molecule has 10 nitrogen and oxygen atoms in total. The third kappa shape index (κ3) is 6.07. The molecular weight excluding hydrogens is 518 g/mol. The molecule has 4 heterocycles. The number of carbonyl (C=O) groups is 2. The molecule has 41 heavy (non-hydrogen) atoms. The Kier molecular flexibility index (Phi) is 7.64. The lowest BCUT2D eigenvalue weighted by atomic mass is 10.1. The van der Waals surface area contributed by atoms with Crippen molar-refractivity contribution in [2.45, 2.75) is 18.9 Å². The topological polar surface area (TPSA) is 115 Å². The first-order chi connectivity index (χ1) is 20.1. The fraction of sp³-hybridized carbons (Fsp3) is 0.290. The van der Waals surface area contributed by atoms with Gasteiger partial charge in [-0.2, -0.15) is 0 Å². The minimum absolute atomic E-state index is 0.0801. The number of morpholine rings is 1. The van der Waals surface area contributed by atoms with Gasteiger partial charge in [0.1, 0.15) is 17.8 Å². The Balaban J connectivity index is 1.08. The van der Waals surface area contributed by atoms with Gasteiger partial charge in [0, 0.05) is 49.3 Å². The number of hydrogen-bond donors (Lipinski definition) is 3. The van der Waals surface area contributed by atoms with E-state index in [0.29, 0.717) is 13.2 Å². The van der Waals surface area contributed by atoms with Crippen molar-refractivity contribution in [1.82, 2.24) is 20.3 Å². The number of nitrogens with one attached hydrogen (secondary N) is 3. The minimum Gasteiger partial charge on any atom is -0.378 e. The highest BCUT2D eigenvalue weighted by Crippen LogP contribution is 2.30. The number of carbonyl (C=O) groups excluding carboxylic acids is 2. The smallest absolute Gasteiger partial charge is 0.243 e. The van der Waals surface area contributed by atoms with Gasteiger partial charge in [-0.1, -0.05) is 30.8 Å². The molecule has 2 amide bonds. The maximum atomic E-state index is 12.9. The van der Waals surface area contributed by atoms with Crippen molar-refractivity contribution in [1.29, 1.82) is 0 Å². The van der Waals surface area contributed by atoms with Gasteiger partial charge >= 0.3 is 0 Å². The average molecular weight is 552 g/mol. The molecule has 2 aliphatic heterocycles. The van der Waals surface area contributed by atoms with E-state index < -0.39 is 0 Å². The maximum absolute atomic E-state index is 12.9. The zero-order valence-electron chi connectivity index (χ0n) is 22.8. The van der Waals surface area contributed by atoms with Crippen LogP contribution in [-0.4, -0.2) is 72.2 Å². The zero-order chi connectivity index (χ0) is 28.2. The number of nitrogens with zero attached hydrogens (tertiary/aromatic N) is 4. The fourth-order valence-corrected chi connectivity index (χ4v) is 5.47. The average Bonchev–Trinajstić information content (AvgIpc) is 3.65. The lowest BCUT2D eigenvalue weighted by molar-refractivity contribution is -0.117. The van der Waals surface area contributed by atoms with Crippen molar-refractivity contribution in [2.75, 3.05) is 54.5 Å². The van der Waals surface area contributed by atoms with Gasteiger partial charge in [-0.05, 0) is 54.0 Å². The fourth-order valence-electron chi connectivity index (χ4n) is 5.47. The molecule has 2 fully saturated rings. The molecule has 1 unspecified atom stereocenters. The molecular formula is C31H33N7O3. The van der Waals surface area contributed by atoms with Crippen LogP contribution < -0.4 is 20.4 Å². The summed E-state index contributed by atoms with van der Waals surface area (Å²) in [4.78, 5) is 41.3. The van der Waals surface area contributed by atoms with Gasteiger partial charge in [-0.25, -0.2) is 9.97 Å².